The molecular formula is C12H19ClN2O4. The lowest BCUT2D eigenvalue weighted by molar-refractivity contribution is -0.124. The third-order valence-electron chi connectivity index (χ3n) is 2.74. The molecule has 1 aromatic rings. The van der Waals surface area contributed by atoms with Gasteiger partial charge in [0.15, 0.2) is 11.5 Å². The lowest BCUT2D eigenvalue weighted by atomic mass is 9.92. The molecule has 5 N–H and O–H groups in total. The summed E-state index contributed by atoms with van der Waals surface area (Å²) < 4.78 is 10.2. The molecule has 0 saturated carbocycles. The van der Waals surface area contributed by atoms with Crippen LogP contribution >= 0.6 is 12.4 Å². The van der Waals surface area contributed by atoms with E-state index in [-0.39, 0.29) is 18.8 Å². The van der Waals surface area contributed by atoms with Crippen molar-refractivity contribution in [3.05, 3.63) is 23.8 Å². The van der Waals surface area contributed by atoms with Crippen LogP contribution in [0.1, 0.15) is 5.56 Å². The summed E-state index contributed by atoms with van der Waals surface area (Å²) in [4.78, 5) is 11.2. The highest BCUT2D eigenvalue weighted by Gasteiger charge is 2.31. The van der Waals surface area contributed by atoms with Crippen molar-refractivity contribution in [2.75, 3.05) is 20.8 Å². The number of aliphatic hydroxyl groups excluding tert-OH is 1. The second kappa shape index (κ2) is 7.18. The topological polar surface area (TPSA) is 108 Å². The molecule has 7 heteroatoms. The average molecular weight is 291 g/mol. The highest BCUT2D eigenvalue weighted by molar-refractivity contribution is 5.85. The summed E-state index contributed by atoms with van der Waals surface area (Å²) in [5.41, 5.74) is 10.2. The third kappa shape index (κ3) is 3.99. The van der Waals surface area contributed by atoms with Crippen LogP contribution in [0.15, 0.2) is 18.2 Å². The number of carbonyl (C=O) groups excluding carboxylic acids is 1. The summed E-state index contributed by atoms with van der Waals surface area (Å²) >= 11 is 0. The molecule has 0 fully saturated rings. The largest absolute Gasteiger partial charge is 0.493 e. The minimum absolute atomic E-state index is 0. The van der Waals surface area contributed by atoms with Crippen LogP contribution in [0.2, 0.25) is 0 Å². The first-order valence-electron chi connectivity index (χ1n) is 5.37. The zero-order chi connectivity index (χ0) is 13.8. The van der Waals surface area contributed by atoms with Gasteiger partial charge in [-0.05, 0) is 17.7 Å². The molecule has 0 spiro atoms. The number of hydrogen-bond acceptors (Lipinski definition) is 5. The van der Waals surface area contributed by atoms with Crippen molar-refractivity contribution in [2.24, 2.45) is 11.5 Å². The molecule has 108 valence electrons. The van der Waals surface area contributed by atoms with Crippen LogP contribution in [0.5, 0.6) is 11.5 Å². The smallest absolute Gasteiger partial charge is 0.240 e. The molecule has 19 heavy (non-hydrogen) atoms. The van der Waals surface area contributed by atoms with Crippen LogP contribution in [-0.4, -0.2) is 37.4 Å². The first-order valence-corrected chi connectivity index (χ1v) is 5.37. The zero-order valence-electron chi connectivity index (χ0n) is 10.9. The fourth-order valence-corrected chi connectivity index (χ4v) is 1.58. The minimum atomic E-state index is -1.47. The molecule has 1 atom stereocenters. The van der Waals surface area contributed by atoms with Crippen LogP contribution in [0, 0.1) is 0 Å². The fourth-order valence-electron chi connectivity index (χ4n) is 1.58. The first-order chi connectivity index (χ1) is 8.46. The van der Waals surface area contributed by atoms with E-state index in [9.17, 15) is 4.79 Å². The van der Waals surface area contributed by atoms with E-state index in [0.717, 1.165) is 5.56 Å². The summed E-state index contributed by atoms with van der Waals surface area (Å²) in [5.74, 6) is 0.353. The molecule has 0 aromatic heterocycles. The molecule has 1 rings (SSSR count). The van der Waals surface area contributed by atoms with Gasteiger partial charge in [-0.15, -0.1) is 12.4 Å². The molecular weight excluding hydrogens is 272 g/mol. The number of aliphatic hydroxyl groups is 1. The number of amides is 1. The van der Waals surface area contributed by atoms with E-state index in [1.807, 2.05) is 0 Å². The number of halogens is 1. The highest BCUT2D eigenvalue weighted by Crippen LogP contribution is 2.28. The number of methoxy groups -OCH3 is 2. The predicted molar refractivity (Wildman–Crippen MR) is 73.7 cm³/mol. The normalized spacial score (nSPS) is 13.1. The van der Waals surface area contributed by atoms with E-state index >= 15 is 0 Å². The Kier molecular flexibility index (Phi) is 6.61. The number of ether oxygens (including phenoxy) is 2. The first kappa shape index (κ1) is 17.5. The van der Waals surface area contributed by atoms with Crippen molar-refractivity contribution >= 4 is 18.3 Å². The Balaban J connectivity index is 0.00000324. The van der Waals surface area contributed by atoms with Crippen LogP contribution < -0.4 is 20.9 Å². The number of nitrogens with two attached hydrogens (primary N) is 2. The Bertz CT molecular complexity index is 442. The highest BCUT2D eigenvalue weighted by atomic mass is 35.5. The Labute approximate surface area is 118 Å². The summed E-state index contributed by atoms with van der Waals surface area (Å²) in [6, 6.07) is 5.13. The Hall–Kier alpha value is -1.50. The van der Waals surface area contributed by atoms with Gasteiger partial charge in [0.25, 0.3) is 0 Å². The summed E-state index contributed by atoms with van der Waals surface area (Å²) in [6.07, 6.45) is 0.124. The second-order valence-electron chi connectivity index (χ2n) is 4.04. The van der Waals surface area contributed by atoms with Gasteiger partial charge < -0.3 is 26.0 Å². The van der Waals surface area contributed by atoms with Crippen LogP contribution in [-0.2, 0) is 11.2 Å². The third-order valence-corrected chi connectivity index (χ3v) is 2.74. The molecule has 0 saturated heterocycles. The quantitative estimate of drug-likeness (QED) is 0.675. The van der Waals surface area contributed by atoms with Crippen LogP contribution in [0.3, 0.4) is 0 Å². The van der Waals surface area contributed by atoms with Crippen LogP contribution in [0.25, 0.3) is 0 Å². The van der Waals surface area contributed by atoms with Crippen molar-refractivity contribution < 1.29 is 19.4 Å². The number of primary amides is 1. The molecule has 0 heterocycles. The molecule has 6 nitrogen and oxygen atoms in total. The van der Waals surface area contributed by atoms with E-state index in [1.54, 1.807) is 18.2 Å². The molecule has 1 unspecified atom stereocenters. The SMILES string of the molecule is COc1ccc(CC(N)(CO)C(N)=O)cc1OC.Cl. The van der Waals surface area contributed by atoms with E-state index in [4.69, 9.17) is 26.0 Å². The molecule has 0 bridgehead atoms. The van der Waals surface area contributed by atoms with Crippen molar-refractivity contribution in [1.82, 2.24) is 0 Å². The maximum atomic E-state index is 11.2. The average Bonchev–Trinajstić information content (AvgIpc) is 2.38. The molecule has 0 radical (unpaired) electrons. The second-order valence-corrected chi connectivity index (χ2v) is 4.04. The maximum absolute atomic E-state index is 11.2. The number of carbonyl (C=O) groups is 1. The van der Waals surface area contributed by atoms with Crippen LogP contribution in [0.4, 0.5) is 0 Å². The van der Waals surface area contributed by atoms with Gasteiger partial charge in [-0.25, -0.2) is 0 Å². The van der Waals surface area contributed by atoms with E-state index in [2.05, 4.69) is 0 Å². The van der Waals surface area contributed by atoms with Gasteiger partial charge >= 0.3 is 0 Å². The number of rotatable bonds is 6. The van der Waals surface area contributed by atoms with Crippen molar-refractivity contribution in [1.29, 1.82) is 0 Å². The van der Waals surface area contributed by atoms with Gasteiger partial charge in [0.2, 0.25) is 5.91 Å². The predicted octanol–water partition coefficient (Wildman–Crippen LogP) is -0.157. The Morgan fingerprint density at radius 3 is 2.32 bits per heavy atom. The summed E-state index contributed by atoms with van der Waals surface area (Å²) in [7, 11) is 3.04. The van der Waals surface area contributed by atoms with Gasteiger partial charge in [-0.2, -0.15) is 0 Å². The lowest BCUT2D eigenvalue weighted by Crippen LogP contribution is -2.56. The van der Waals surface area contributed by atoms with E-state index in [0.29, 0.717) is 11.5 Å². The Morgan fingerprint density at radius 2 is 1.89 bits per heavy atom. The monoisotopic (exact) mass is 290 g/mol. The van der Waals surface area contributed by atoms with Gasteiger partial charge in [-0.3, -0.25) is 4.79 Å². The minimum Gasteiger partial charge on any atom is -0.493 e. The molecule has 1 aromatic carbocycles. The summed E-state index contributed by atoms with van der Waals surface area (Å²) in [6.45, 7) is -0.517. The van der Waals surface area contributed by atoms with Gasteiger partial charge in [0.1, 0.15) is 5.54 Å². The van der Waals surface area contributed by atoms with E-state index < -0.39 is 18.1 Å². The standard InChI is InChI=1S/C12H18N2O4.ClH/c1-17-9-4-3-8(5-10(9)18-2)6-12(14,7-15)11(13)16;/h3-5,15H,6-7,14H2,1-2H3,(H2,13,16);1H. The molecule has 0 aliphatic heterocycles. The maximum Gasteiger partial charge on any atom is 0.240 e. The van der Waals surface area contributed by atoms with E-state index in [1.165, 1.54) is 14.2 Å². The summed E-state index contributed by atoms with van der Waals surface area (Å²) in [5, 5.41) is 9.16. The molecule has 0 aliphatic carbocycles. The molecule has 1 amide bonds. The van der Waals surface area contributed by atoms with Gasteiger partial charge in [0.05, 0.1) is 20.8 Å². The van der Waals surface area contributed by atoms with Crippen molar-refractivity contribution in [3.8, 4) is 11.5 Å². The van der Waals surface area contributed by atoms with Gasteiger partial charge in [-0.1, -0.05) is 6.07 Å². The Morgan fingerprint density at radius 1 is 1.32 bits per heavy atom. The van der Waals surface area contributed by atoms with Gasteiger partial charge in [0, 0.05) is 6.42 Å². The van der Waals surface area contributed by atoms with Crippen molar-refractivity contribution in [3.63, 3.8) is 0 Å². The lowest BCUT2D eigenvalue weighted by Gasteiger charge is -2.23. The van der Waals surface area contributed by atoms with Crippen molar-refractivity contribution in [2.45, 2.75) is 12.0 Å². The number of hydrogen-bond donors (Lipinski definition) is 3. The molecule has 0 aliphatic rings. The fraction of sp³-hybridized carbons (Fsp3) is 0.417. The number of benzene rings is 1. The zero-order valence-corrected chi connectivity index (χ0v) is 11.7.